The minimum Gasteiger partial charge on any atom is -0.325 e. The lowest BCUT2D eigenvalue weighted by Crippen LogP contribution is -2.14. The first kappa shape index (κ1) is 17.2. The summed E-state index contributed by atoms with van der Waals surface area (Å²) in [4.78, 5) is 13.4. The molecule has 0 saturated heterocycles. The number of anilines is 1. The molecule has 25 heavy (non-hydrogen) atoms. The quantitative estimate of drug-likeness (QED) is 0.647. The fourth-order valence-corrected chi connectivity index (χ4v) is 3.59. The second kappa shape index (κ2) is 8.46. The monoisotopic (exact) mass is 369 g/mol. The Bertz CT molecular complexity index is 865. The number of nitrogens with zero attached hydrogens (tertiary/aromatic N) is 4. The summed E-state index contributed by atoms with van der Waals surface area (Å²) >= 11 is 3.08. The van der Waals surface area contributed by atoms with Gasteiger partial charge in [-0.05, 0) is 42.1 Å². The highest BCUT2D eigenvalue weighted by molar-refractivity contribution is 7.99. The Kier molecular flexibility index (Phi) is 5.82. The van der Waals surface area contributed by atoms with E-state index in [4.69, 9.17) is 5.26 Å². The molecule has 0 aliphatic carbocycles. The van der Waals surface area contributed by atoms with Crippen LogP contribution < -0.4 is 5.32 Å². The van der Waals surface area contributed by atoms with Gasteiger partial charge in [0.15, 0.2) is 5.16 Å². The van der Waals surface area contributed by atoms with E-state index in [1.807, 2.05) is 16.7 Å². The van der Waals surface area contributed by atoms with E-state index in [1.165, 1.54) is 16.6 Å². The second-order valence-electron chi connectivity index (χ2n) is 5.16. The van der Waals surface area contributed by atoms with Crippen molar-refractivity contribution in [3.63, 3.8) is 0 Å². The van der Waals surface area contributed by atoms with Gasteiger partial charge in [-0.15, -0.1) is 21.5 Å². The second-order valence-corrected chi connectivity index (χ2v) is 7.14. The van der Waals surface area contributed by atoms with Crippen molar-refractivity contribution in [2.45, 2.75) is 18.1 Å². The zero-order chi connectivity index (χ0) is 17.5. The maximum Gasteiger partial charge on any atom is 0.234 e. The number of carbonyl (C=O) groups excluding carboxylic acids is 1. The third-order valence-corrected chi connectivity index (χ3v) is 5.31. The first-order valence-corrected chi connectivity index (χ1v) is 9.44. The van der Waals surface area contributed by atoms with Crippen LogP contribution in [0.15, 0.2) is 53.3 Å². The first-order valence-electron chi connectivity index (χ1n) is 7.57. The van der Waals surface area contributed by atoms with Crippen LogP contribution in [0.2, 0.25) is 0 Å². The maximum atomic E-state index is 12.1. The lowest BCUT2D eigenvalue weighted by atomic mass is 10.2. The zero-order valence-electron chi connectivity index (χ0n) is 13.3. The van der Waals surface area contributed by atoms with E-state index in [0.29, 0.717) is 11.3 Å². The minimum atomic E-state index is -0.123. The Morgan fingerprint density at radius 1 is 1.32 bits per heavy atom. The Balaban J connectivity index is 1.50. The van der Waals surface area contributed by atoms with Crippen molar-refractivity contribution in [1.29, 1.82) is 5.26 Å². The van der Waals surface area contributed by atoms with E-state index in [1.54, 1.807) is 41.9 Å². The molecule has 2 heterocycles. The number of aromatic nitrogens is 3. The summed E-state index contributed by atoms with van der Waals surface area (Å²) in [5.41, 5.74) is 1.23. The molecule has 2 aromatic heterocycles. The van der Waals surface area contributed by atoms with Gasteiger partial charge in [0, 0.05) is 17.1 Å². The number of thioether (sulfide) groups is 1. The Labute approximate surface area is 153 Å². The molecule has 6 nitrogen and oxygen atoms in total. The molecule has 8 heteroatoms. The molecule has 3 rings (SSSR count). The topological polar surface area (TPSA) is 83.6 Å². The number of hydrogen-bond acceptors (Lipinski definition) is 6. The van der Waals surface area contributed by atoms with E-state index in [0.717, 1.165) is 18.1 Å². The smallest absolute Gasteiger partial charge is 0.234 e. The highest BCUT2D eigenvalue weighted by Gasteiger charge is 2.09. The summed E-state index contributed by atoms with van der Waals surface area (Å²) in [7, 11) is 0. The summed E-state index contributed by atoms with van der Waals surface area (Å²) in [5, 5.41) is 22.4. The summed E-state index contributed by atoms with van der Waals surface area (Å²) < 4.78 is 1.96. The van der Waals surface area contributed by atoms with Crippen LogP contribution >= 0.6 is 23.1 Å². The predicted octanol–water partition coefficient (Wildman–Crippen LogP) is 3.18. The van der Waals surface area contributed by atoms with Gasteiger partial charge in [0.25, 0.3) is 0 Å². The van der Waals surface area contributed by atoms with Gasteiger partial charge < -0.3 is 9.88 Å². The molecule has 1 N–H and O–H groups in total. The molecule has 3 aromatic rings. The van der Waals surface area contributed by atoms with Crippen LogP contribution in [0.5, 0.6) is 0 Å². The molecule has 0 spiro atoms. The van der Waals surface area contributed by atoms with E-state index in [9.17, 15) is 4.79 Å². The van der Waals surface area contributed by atoms with Crippen LogP contribution in [-0.4, -0.2) is 26.4 Å². The maximum absolute atomic E-state index is 12.1. The van der Waals surface area contributed by atoms with Crippen molar-refractivity contribution in [3.8, 4) is 6.07 Å². The molecule has 0 aliphatic heterocycles. The van der Waals surface area contributed by atoms with E-state index in [-0.39, 0.29) is 11.7 Å². The normalized spacial score (nSPS) is 10.4. The van der Waals surface area contributed by atoms with Crippen LogP contribution in [0.1, 0.15) is 10.4 Å². The molecule has 1 amide bonds. The van der Waals surface area contributed by atoms with Gasteiger partial charge >= 0.3 is 0 Å². The van der Waals surface area contributed by atoms with Gasteiger partial charge in [0.1, 0.15) is 6.33 Å². The number of nitrogens with one attached hydrogen (secondary N) is 1. The highest BCUT2D eigenvalue weighted by Crippen LogP contribution is 2.17. The molecule has 1 aromatic carbocycles. The number of rotatable bonds is 7. The average molecular weight is 369 g/mol. The standard InChI is InChI=1S/C17H15N5OS2/c18-10-13-3-5-14(6-4-13)20-16(23)11-25-17-21-19-12-22(17)8-7-15-2-1-9-24-15/h1-6,9,12H,7-8,11H2,(H,20,23). The van der Waals surface area contributed by atoms with Gasteiger partial charge in [-0.2, -0.15) is 5.26 Å². The van der Waals surface area contributed by atoms with Crippen LogP contribution in [0.4, 0.5) is 5.69 Å². The van der Waals surface area contributed by atoms with Crippen LogP contribution in [0.3, 0.4) is 0 Å². The Morgan fingerprint density at radius 2 is 2.16 bits per heavy atom. The van der Waals surface area contributed by atoms with Gasteiger partial charge in [-0.3, -0.25) is 4.79 Å². The summed E-state index contributed by atoms with van der Waals surface area (Å²) in [5.74, 6) is 0.125. The molecule has 126 valence electrons. The van der Waals surface area contributed by atoms with Crippen molar-refractivity contribution >= 4 is 34.7 Å². The average Bonchev–Trinajstić information content (AvgIpc) is 3.30. The predicted molar refractivity (Wildman–Crippen MR) is 98.6 cm³/mol. The van der Waals surface area contributed by atoms with Crippen molar-refractivity contribution in [1.82, 2.24) is 14.8 Å². The molecule has 0 saturated carbocycles. The molecule has 0 aliphatic rings. The van der Waals surface area contributed by atoms with Crippen LogP contribution in [-0.2, 0) is 17.8 Å². The SMILES string of the molecule is N#Cc1ccc(NC(=O)CSc2nncn2CCc2cccs2)cc1. The first-order chi connectivity index (χ1) is 12.2. The van der Waals surface area contributed by atoms with E-state index >= 15 is 0 Å². The fourth-order valence-electron chi connectivity index (χ4n) is 2.15. The van der Waals surface area contributed by atoms with Crippen LogP contribution in [0, 0.1) is 11.3 Å². The highest BCUT2D eigenvalue weighted by atomic mass is 32.2. The molecule has 0 radical (unpaired) electrons. The zero-order valence-corrected chi connectivity index (χ0v) is 14.9. The molecule has 0 fully saturated rings. The largest absolute Gasteiger partial charge is 0.325 e. The number of hydrogen-bond donors (Lipinski definition) is 1. The van der Waals surface area contributed by atoms with Crippen molar-refractivity contribution in [2.75, 3.05) is 11.1 Å². The third kappa shape index (κ3) is 4.92. The number of amides is 1. The van der Waals surface area contributed by atoms with Gasteiger partial charge in [-0.25, -0.2) is 0 Å². The van der Waals surface area contributed by atoms with E-state index in [2.05, 4.69) is 27.0 Å². The molecule has 0 bridgehead atoms. The number of nitriles is 1. The summed E-state index contributed by atoms with van der Waals surface area (Å²) in [6.07, 6.45) is 2.61. The lowest BCUT2D eigenvalue weighted by Gasteiger charge is -2.06. The van der Waals surface area contributed by atoms with Crippen molar-refractivity contribution in [2.24, 2.45) is 0 Å². The number of aryl methyl sites for hydroxylation is 2. The number of benzene rings is 1. The third-order valence-electron chi connectivity index (χ3n) is 3.39. The van der Waals surface area contributed by atoms with Crippen molar-refractivity contribution < 1.29 is 4.79 Å². The van der Waals surface area contributed by atoms with Gasteiger partial charge in [-0.1, -0.05) is 17.8 Å². The van der Waals surface area contributed by atoms with Gasteiger partial charge in [0.05, 0.1) is 17.4 Å². The molecule has 0 atom stereocenters. The molecular weight excluding hydrogens is 354 g/mol. The summed E-state index contributed by atoms with van der Waals surface area (Å²) in [6, 6.07) is 13.0. The van der Waals surface area contributed by atoms with E-state index < -0.39 is 0 Å². The molecular formula is C17H15N5OS2. The summed E-state index contributed by atoms with van der Waals surface area (Å²) in [6.45, 7) is 0.785. The molecule has 0 unspecified atom stereocenters. The number of thiophene rings is 1. The lowest BCUT2D eigenvalue weighted by molar-refractivity contribution is -0.113. The van der Waals surface area contributed by atoms with Crippen LogP contribution in [0.25, 0.3) is 0 Å². The van der Waals surface area contributed by atoms with Gasteiger partial charge in [0.2, 0.25) is 5.91 Å². The number of carbonyl (C=O) groups is 1. The fraction of sp³-hybridized carbons (Fsp3) is 0.176. The van der Waals surface area contributed by atoms with Crippen molar-refractivity contribution in [3.05, 3.63) is 58.5 Å². The minimum absolute atomic E-state index is 0.123. The Morgan fingerprint density at radius 3 is 2.88 bits per heavy atom. The Hall–Kier alpha value is -2.63.